The fraction of sp³-hybridized carbons (Fsp3) is 0.179. The topological polar surface area (TPSA) is 121 Å². The van der Waals surface area contributed by atoms with Gasteiger partial charge < -0.3 is 14.8 Å². The summed E-state index contributed by atoms with van der Waals surface area (Å²) in [5.74, 6) is 0.442. The number of hydrogen-bond donors (Lipinski definition) is 1. The van der Waals surface area contributed by atoms with E-state index in [1.807, 2.05) is 54.6 Å². The summed E-state index contributed by atoms with van der Waals surface area (Å²) in [6.07, 6.45) is 0. The van der Waals surface area contributed by atoms with Crippen LogP contribution in [0.5, 0.6) is 5.75 Å². The Kier molecular flexibility index (Phi) is 8.04. The molecule has 0 saturated heterocycles. The Balaban J connectivity index is 1.52. The summed E-state index contributed by atoms with van der Waals surface area (Å²) in [5, 5.41) is 20.7. The van der Waals surface area contributed by atoms with Gasteiger partial charge in [0.1, 0.15) is 12.6 Å². The van der Waals surface area contributed by atoms with E-state index in [4.69, 9.17) is 21.1 Å². The Morgan fingerprint density at radius 3 is 2.62 bits per heavy atom. The molecule has 0 radical (unpaired) electrons. The molecule has 1 aromatic heterocycles. The summed E-state index contributed by atoms with van der Waals surface area (Å²) in [7, 11) is 1.36. The number of methoxy groups -OCH3 is 1. The molecule has 1 aliphatic rings. The van der Waals surface area contributed by atoms with Crippen LogP contribution in [0.1, 0.15) is 29.7 Å². The van der Waals surface area contributed by atoms with Crippen LogP contribution in [0.2, 0.25) is 5.02 Å². The highest BCUT2D eigenvalue weighted by Crippen LogP contribution is 2.40. The molecular weight excluding hydrogens is 554 g/mol. The van der Waals surface area contributed by atoms with Crippen LogP contribution in [0, 0.1) is 10.1 Å². The van der Waals surface area contributed by atoms with Crippen molar-refractivity contribution in [2.24, 2.45) is 0 Å². The molecule has 0 aliphatic carbocycles. The highest BCUT2D eigenvalue weighted by atomic mass is 35.5. The molecule has 0 saturated carbocycles. The van der Waals surface area contributed by atoms with Gasteiger partial charge in [0, 0.05) is 22.5 Å². The Morgan fingerprint density at radius 1 is 1.15 bits per heavy atom. The van der Waals surface area contributed by atoms with Gasteiger partial charge in [-0.05, 0) is 35.7 Å². The van der Waals surface area contributed by atoms with Crippen molar-refractivity contribution in [1.29, 1.82) is 0 Å². The fourth-order valence-electron chi connectivity index (χ4n) is 4.34. The van der Waals surface area contributed by atoms with Gasteiger partial charge in [-0.15, -0.1) is 5.10 Å². The maximum atomic E-state index is 13.5. The number of hydrogen-bond acceptors (Lipinski definition) is 9. The molecular formula is C28H24ClN5O5S. The number of ether oxygens (including phenoxy) is 2. The lowest BCUT2D eigenvalue weighted by Gasteiger charge is -2.28. The summed E-state index contributed by atoms with van der Waals surface area (Å²) in [6.45, 7) is 1.80. The van der Waals surface area contributed by atoms with Crippen LogP contribution in [-0.4, -0.2) is 32.8 Å². The van der Waals surface area contributed by atoms with E-state index in [2.05, 4.69) is 15.4 Å². The number of benzene rings is 3. The van der Waals surface area contributed by atoms with Gasteiger partial charge in [0.05, 0.1) is 17.6 Å². The van der Waals surface area contributed by atoms with E-state index in [-0.39, 0.29) is 23.6 Å². The number of anilines is 1. The molecule has 0 spiro atoms. The number of carbonyl (C=O) groups excluding carboxylic acids is 1. The maximum absolute atomic E-state index is 13.5. The number of esters is 1. The van der Waals surface area contributed by atoms with Crippen LogP contribution in [0.3, 0.4) is 0 Å². The van der Waals surface area contributed by atoms with Crippen molar-refractivity contribution in [3.8, 4) is 5.75 Å². The fourth-order valence-corrected chi connectivity index (χ4v) is 5.46. The molecule has 0 fully saturated rings. The van der Waals surface area contributed by atoms with Crippen molar-refractivity contribution in [3.05, 3.63) is 116 Å². The molecule has 1 N–H and O–H groups in total. The van der Waals surface area contributed by atoms with Gasteiger partial charge in [-0.25, -0.2) is 9.48 Å². The molecule has 40 heavy (non-hydrogen) atoms. The lowest BCUT2D eigenvalue weighted by atomic mass is 9.95. The monoisotopic (exact) mass is 577 g/mol. The number of thioether (sulfide) groups is 1. The summed E-state index contributed by atoms with van der Waals surface area (Å²) in [4.78, 5) is 29.4. The molecule has 1 aliphatic heterocycles. The predicted molar refractivity (Wildman–Crippen MR) is 151 cm³/mol. The van der Waals surface area contributed by atoms with E-state index in [1.54, 1.807) is 17.7 Å². The van der Waals surface area contributed by atoms with Crippen LogP contribution in [0.15, 0.2) is 89.2 Å². The molecule has 4 aromatic rings. The molecule has 5 rings (SSSR count). The molecule has 3 aromatic carbocycles. The number of carbonyl (C=O) groups is 1. The Bertz CT molecular complexity index is 1610. The zero-order valence-electron chi connectivity index (χ0n) is 21.5. The van der Waals surface area contributed by atoms with E-state index in [1.165, 1.54) is 31.0 Å². The molecule has 12 heteroatoms. The molecule has 204 valence electrons. The van der Waals surface area contributed by atoms with E-state index >= 15 is 0 Å². The van der Waals surface area contributed by atoms with Crippen molar-refractivity contribution in [3.63, 3.8) is 0 Å². The van der Waals surface area contributed by atoms with E-state index < -0.39 is 16.9 Å². The third-order valence-electron chi connectivity index (χ3n) is 6.30. The Hall–Kier alpha value is -4.35. The maximum Gasteiger partial charge on any atom is 0.338 e. The van der Waals surface area contributed by atoms with Gasteiger partial charge in [-0.2, -0.15) is 4.98 Å². The highest BCUT2D eigenvalue weighted by molar-refractivity contribution is 7.98. The zero-order chi connectivity index (χ0) is 28.2. The number of halogens is 1. The number of nitro groups is 1. The van der Waals surface area contributed by atoms with E-state index in [0.717, 1.165) is 11.1 Å². The number of nitrogens with one attached hydrogen (secondary N) is 1. The third-order valence-corrected chi connectivity index (χ3v) is 7.55. The first kappa shape index (κ1) is 27.2. The average Bonchev–Trinajstić information content (AvgIpc) is 3.37. The first-order valence-electron chi connectivity index (χ1n) is 12.2. The second-order valence-electron chi connectivity index (χ2n) is 8.86. The van der Waals surface area contributed by atoms with Gasteiger partial charge in [0.2, 0.25) is 11.1 Å². The number of nitrogens with zero attached hydrogens (tertiary/aromatic N) is 4. The Labute approximate surface area is 239 Å². The van der Waals surface area contributed by atoms with Gasteiger partial charge in [0.25, 0.3) is 0 Å². The van der Waals surface area contributed by atoms with Gasteiger partial charge in [-0.3, -0.25) is 10.1 Å². The van der Waals surface area contributed by atoms with Crippen molar-refractivity contribution >= 4 is 41.0 Å². The van der Waals surface area contributed by atoms with Crippen LogP contribution < -0.4 is 10.1 Å². The van der Waals surface area contributed by atoms with Crippen LogP contribution in [-0.2, 0) is 21.9 Å². The molecule has 0 bridgehead atoms. The summed E-state index contributed by atoms with van der Waals surface area (Å²) in [6, 6.07) is 20.5. The van der Waals surface area contributed by atoms with Crippen LogP contribution in [0.4, 0.5) is 11.6 Å². The standard InChI is InChI=1S/C28H24ClN5O5S/c1-17-24(26(35)39-15-18-8-4-3-5-9-18)25(19-12-13-23(38-2)22(14-19)34(36)37)33-27(30-17)31-28(32-33)40-16-20-10-6-7-11-21(20)29/h3-14,25H,15-16H2,1-2H3,(H,30,31,32). The summed E-state index contributed by atoms with van der Waals surface area (Å²) >= 11 is 7.69. The van der Waals surface area contributed by atoms with Gasteiger partial charge >= 0.3 is 11.7 Å². The highest BCUT2D eigenvalue weighted by Gasteiger charge is 2.36. The van der Waals surface area contributed by atoms with Crippen molar-refractivity contribution < 1.29 is 19.2 Å². The van der Waals surface area contributed by atoms with E-state index in [0.29, 0.717) is 33.1 Å². The minimum atomic E-state index is -0.841. The smallest absolute Gasteiger partial charge is 0.338 e. The Morgan fingerprint density at radius 2 is 1.90 bits per heavy atom. The SMILES string of the molecule is COc1ccc(C2C(C(=O)OCc3ccccc3)=C(C)Nc3nc(SCc4ccccc4Cl)nn32)cc1[N+](=O)[O-]. The molecule has 0 amide bonds. The largest absolute Gasteiger partial charge is 0.490 e. The molecule has 1 unspecified atom stereocenters. The summed E-state index contributed by atoms with van der Waals surface area (Å²) < 4.78 is 12.4. The first-order chi connectivity index (χ1) is 19.4. The van der Waals surface area contributed by atoms with Gasteiger partial charge in [0.15, 0.2) is 5.75 Å². The van der Waals surface area contributed by atoms with Crippen LogP contribution in [0.25, 0.3) is 0 Å². The second-order valence-corrected chi connectivity index (χ2v) is 10.2. The number of allylic oxidation sites excluding steroid dienone is 1. The number of nitro benzene ring substituents is 1. The van der Waals surface area contributed by atoms with Gasteiger partial charge in [-0.1, -0.05) is 78.0 Å². The number of aromatic nitrogens is 3. The second kappa shape index (κ2) is 11.8. The first-order valence-corrected chi connectivity index (χ1v) is 13.6. The normalized spacial score (nSPS) is 14.3. The summed E-state index contributed by atoms with van der Waals surface area (Å²) in [5.41, 5.74) is 2.74. The van der Waals surface area contributed by atoms with Crippen molar-refractivity contribution in [2.45, 2.75) is 30.5 Å². The average molecular weight is 578 g/mol. The lowest BCUT2D eigenvalue weighted by Crippen LogP contribution is -2.29. The van der Waals surface area contributed by atoms with Crippen molar-refractivity contribution in [2.75, 3.05) is 12.4 Å². The molecule has 10 nitrogen and oxygen atoms in total. The zero-order valence-corrected chi connectivity index (χ0v) is 23.1. The van der Waals surface area contributed by atoms with Crippen molar-refractivity contribution in [1.82, 2.24) is 14.8 Å². The minimum Gasteiger partial charge on any atom is -0.490 e. The minimum absolute atomic E-state index is 0.0646. The number of fused-ring (bicyclic) bond motifs is 1. The van der Waals surface area contributed by atoms with Crippen LogP contribution >= 0.6 is 23.4 Å². The number of rotatable bonds is 9. The molecule has 2 heterocycles. The lowest BCUT2D eigenvalue weighted by molar-refractivity contribution is -0.385. The third kappa shape index (κ3) is 5.65. The quantitative estimate of drug-likeness (QED) is 0.108. The van der Waals surface area contributed by atoms with E-state index in [9.17, 15) is 14.9 Å². The molecule has 1 atom stereocenters. The predicted octanol–water partition coefficient (Wildman–Crippen LogP) is 6.17.